The average molecular weight is 463 g/mol. The molecule has 1 heterocycles. The zero-order valence-corrected chi connectivity index (χ0v) is 17.9. The molecule has 0 amide bonds. The van der Waals surface area contributed by atoms with Crippen LogP contribution >= 0.6 is 27.7 Å². The fourth-order valence-electron chi connectivity index (χ4n) is 2.66. The molecule has 3 rings (SSSR count). The van der Waals surface area contributed by atoms with Gasteiger partial charge in [-0.05, 0) is 49.8 Å². The minimum Gasteiger partial charge on any atom is -0.490 e. The maximum atomic E-state index is 12.6. The van der Waals surface area contributed by atoms with Crippen molar-refractivity contribution in [1.82, 2.24) is 0 Å². The molecule has 0 spiro atoms. The van der Waals surface area contributed by atoms with Crippen LogP contribution in [0, 0.1) is 0 Å². The predicted molar refractivity (Wildman–Crippen MR) is 112 cm³/mol. The minimum absolute atomic E-state index is 0.00750. The van der Waals surface area contributed by atoms with Crippen molar-refractivity contribution in [3.63, 3.8) is 0 Å². The number of thioether (sulfide) groups is 1. The first kappa shape index (κ1) is 20.5. The molecule has 0 aromatic heterocycles. The van der Waals surface area contributed by atoms with Crippen LogP contribution in [0.3, 0.4) is 0 Å². The van der Waals surface area contributed by atoms with Crippen molar-refractivity contribution in [2.45, 2.75) is 18.7 Å². The van der Waals surface area contributed by atoms with Crippen molar-refractivity contribution < 1.29 is 23.8 Å². The van der Waals surface area contributed by atoms with E-state index < -0.39 is 5.97 Å². The monoisotopic (exact) mass is 462 g/mol. The number of carbonyl (C=O) groups excluding carboxylic acids is 2. The van der Waals surface area contributed by atoms with Gasteiger partial charge >= 0.3 is 5.97 Å². The van der Waals surface area contributed by atoms with Gasteiger partial charge in [-0.25, -0.2) is 4.79 Å². The van der Waals surface area contributed by atoms with Crippen molar-refractivity contribution in [1.29, 1.82) is 0 Å². The highest BCUT2D eigenvalue weighted by atomic mass is 79.9. The summed E-state index contributed by atoms with van der Waals surface area (Å²) in [5, 5.41) is 0. The first-order valence-electron chi connectivity index (χ1n) is 8.81. The van der Waals surface area contributed by atoms with Crippen LogP contribution in [0.4, 0.5) is 0 Å². The molecule has 0 saturated carbocycles. The summed E-state index contributed by atoms with van der Waals surface area (Å²) in [5.74, 6) is 0.485. The van der Waals surface area contributed by atoms with Crippen LogP contribution in [0.5, 0.6) is 11.5 Å². The second-order valence-electron chi connectivity index (χ2n) is 5.78. The molecule has 2 aromatic rings. The summed E-state index contributed by atoms with van der Waals surface area (Å²) in [6.07, 6.45) is 1.83. The van der Waals surface area contributed by atoms with Crippen LogP contribution in [0.2, 0.25) is 0 Å². The Hall–Kier alpha value is -2.25. The number of hydrogen-bond acceptors (Lipinski definition) is 6. The minimum atomic E-state index is -0.446. The molecule has 0 unspecified atom stereocenters. The second kappa shape index (κ2) is 9.30. The van der Waals surface area contributed by atoms with Gasteiger partial charge in [0.2, 0.25) is 5.78 Å². The average Bonchev–Trinajstić information content (AvgIpc) is 2.99. The zero-order chi connectivity index (χ0) is 20.1. The zero-order valence-electron chi connectivity index (χ0n) is 15.5. The Morgan fingerprint density at radius 1 is 1.11 bits per heavy atom. The summed E-state index contributed by atoms with van der Waals surface area (Å²) in [4.78, 5) is 25.8. The molecule has 0 saturated heterocycles. The van der Waals surface area contributed by atoms with Gasteiger partial charge in [0.1, 0.15) is 0 Å². The first-order chi connectivity index (χ1) is 13.5. The fraction of sp³-hybridized carbons (Fsp3) is 0.238. The number of Topliss-reactive ketones (excluding diaryl/α,β-unsaturated/α-hetero) is 1. The third-order valence-electron chi connectivity index (χ3n) is 3.88. The van der Waals surface area contributed by atoms with E-state index in [0.717, 1.165) is 14.9 Å². The quantitative estimate of drug-likeness (QED) is 0.420. The molecule has 0 N–H and O–H groups in total. The lowest BCUT2D eigenvalue weighted by atomic mass is 10.1. The van der Waals surface area contributed by atoms with E-state index in [2.05, 4.69) is 15.9 Å². The van der Waals surface area contributed by atoms with Gasteiger partial charge < -0.3 is 14.2 Å². The van der Waals surface area contributed by atoms with Crippen LogP contribution in [0.15, 0.2) is 50.7 Å². The molecular weight excluding hydrogens is 444 g/mol. The van der Waals surface area contributed by atoms with Gasteiger partial charge in [-0.2, -0.15) is 0 Å². The Bertz CT molecular complexity index is 938. The molecule has 0 aliphatic carbocycles. The SMILES string of the molecule is CCOC(=O)COc1cc(Br)c(/C=C2\Sc3ccccc3C2=O)cc1OCC. The largest absolute Gasteiger partial charge is 0.490 e. The summed E-state index contributed by atoms with van der Waals surface area (Å²) in [6.45, 7) is 4.13. The van der Waals surface area contributed by atoms with E-state index in [9.17, 15) is 9.59 Å². The van der Waals surface area contributed by atoms with E-state index in [1.54, 1.807) is 19.1 Å². The Morgan fingerprint density at radius 3 is 2.57 bits per heavy atom. The molecule has 2 aromatic carbocycles. The Labute approximate surface area is 176 Å². The number of hydrogen-bond donors (Lipinski definition) is 0. The van der Waals surface area contributed by atoms with E-state index >= 15 is 0 Å². The predicted octanol–water partition coefficient (Wildman–Crippen LogP) is 5.12. The van der Waals surface area contributed by atoms with Crippen LogP contribution in [0.25, 0.3) is 6.08 Å². The molecule has 1 aliphatic heterocycles. The summed E-state index contributed by atoms with van der Waals surface area (Å²) in [7, 11) is 0. The van der Waals surface area contributed by atoms with Crippen molar-refractivity contribution in [2.75, 3.05) is 19.8 Å². The van der Waals surface area contributed by atoms with Crippen molar-refractivity contribution in [2.24, 2.45) is 0 Å². The lowest BCUT2D eigenvalue weighted by molar-refractivity contribution is -0.145. The Balaban J connectivity index is 1.87. The number of ether oxygens (including phenoxy) is 3. The van der Waals surface area contributed by atoms with E-state index in [-0.39, 0.29) is 12.4 Å². The molecule has 1 aliphatic rings. The summed E-state index contributed by atoms with van der Waals surface area (Å²) in [5.41, 5.74) is 1.50. The van der Waals surface area contributed by atoms with Crippen molar-refractivity contribution >= 4 is 45.5 Å². The number of carbonyl (C=O) groups is 2. The smallest absolute Gasteiger partial charge is 0.344 e. The van der Waals surface area contributed by atoms with E-state index in [1.807, 2.05) is 37.3 Å². The molecule has 0 radical (unpaired) electrons. The van der Waals surface area contributed by atoms with Gasteiger partial charge in [0.05, 0.1) is 18.1 Å². The maximum Gasteiger partial charge on any atom is 0.344 e. The molecule has 0 fully saturated rings. The number of benzene rings is 2. The second-order valence-corrected chi connectivity index (χ2v) is 7.72. The summed E-state index contributed by atoms with van der Waals surface area (Å²) >= 11 is 4.96. The van der Waals surface area contributed by atoms with E-state index in [4.69, 9.17) is 14.2 Å². The maximum absolute atomic E-state index is 12.6. The highest BCUT2D eigenvalue weighted by molar-refractivity contribution is 9.10. The fourth-order valence-corrected chi connectivity index (χ4v) is 4.14. The summed E-state index contributed by atoms with van der Waals surface area (Å²) in [6, 6.07) is 11.1. The number of allylic oxidation sites excluding steroid dienone is 1. The van der Waals surface area contributed by atoms with Crippen molar-refractivity contribution in [3.05, 3.63) is 56.9 Å². The van der Waals surface area contributed by atoms with Gasteiger partial charge in [-0.15, -0.1) is 0 Å². The van der Waals surface area contributed by atoms with Crippen molar-refractivity contribution in [3.8, 4) is 11.5 Å². The Morgan fingerprint density at radius 2 is 1.86 bits per heavy atom. The highest BCUT2D eigenvalue weighted by Crippen LogP contribution is 2.42. The van der Waals surface area contributed by atoms with Gasteiger partial charge in [0.15, 0.2) is 18.1 Å². The first-order valence-corrected chi connectivity index (χ1v) is 10.4. The van der Waals surface area contributed by atoms with E-state index in [0.29, 0.717) is 35.2 Å². The molecule has 0 atom stereocenters. The van der Waals surface area contributed by atoms with Gasteiger partial charge in [-0.3, -0.25) is 4.79 Å². The highest BCUT2D eigenvalue weighted by Gasteiger charge is 2.25. The lowest BCUT2D eigenvalue weighted by Gasteiger charge is -2.14. The van der Waals surface area contributed by atoms with Crippen LogP contribution < -0.4 is 9.47 Å². The Kier molecular flexibility index (Phi) is 6.80. The van der Waals surface area contributed by atoms with Crippen LogP contribution in [-0.4, -0.2) is 31.6 Å². The van der Waals surface area contributed by atoms with Crippen LogP contribution in [-0.2, 0) is 9.53 Å². The van der Waals surface area contributed by atoms with Gasteiger partial charge in [0.25, 0.3) is 0 Å². The molecule has 7 heteroatoms. The molecule has 146 valence electrons. The molecule has 0 bridgehead atoms. The number of esters is 1. The third-order valence-corrected chi connectivity index (χ3v) is 5.66. The lowest BCUT2D eigenvalue weighted by Crippen LogP contribution is -2.15. The summed E-state index contributed by atoms with van der Waals surface area (Å²) < 4.78 is 16.8. The van der Waals surface area contributed by atoms with Gasteiger partial charge in [-0.1, -0.05) is 39.8 Å². The number of ketones is 1. The molecule has 5 nitrogen and oxygen atoms in total. The van der Waals surface area contributed by atoms with E-state index in [1.165, 1.54) is 11.8 Å². The number of halogens is 1. The molecular formula is C21H19BrO5S. The molecule has 28 heavy (non-hydrogen) atoms. The standard InChI is InChI=1S/C21H19BrO5S/c1-3-25-16-9-13(15(22)11-17(16)27-12-20(23)26-4-2)10-19-21(24)14-7-5-6-8-18(14)28-19/h5-11H,3-4,12H2,1-2H3/b19-10-. The van der Waals surface area contributed by atoms with Crippen LogP contribution in [0.1, 0.15) is 29.8 Å². The number of rotatable bonds is 7. The van der Waals surface area contributed by atoms with Gasteiger partial charge in [0, 0.05) is 14.9 Å². The number of fused-ring (bicyclic) bond motifs is 1. The normalized spacial score (nSPS) is 14.1. The third kappa shape index (κ3) is 4.59. The topological polar surface area (TPSA) is 61.8 Å².